The van der Waals surface area contributed by atoms with Crippen molar-refractivity contribution < 1.29 is 8.42 Å². The Labute approximate surface area is 201 Å². The van der Waals surface area contributed by atoms with Crippen molar-refractivity contribution in [2.24, 2.45) is 4.40 Å². The lowest BCUT2D eigenvalue weighted by Gasteiger charge is -2.07. The molecular weight excluding hydrogens is 485 g/mol. The van der Waals surface area contributed by atoms with Crippen LogP contribution in [0.5, 0.6) is 0 Å². The second kappa shape index (κ2) is 9.67. The molecule has 32 heavy (non-hydrogen) atoms. The standard InChI is InChI=1S/C23H19Cl2N3O2S2/c1-31-23(27-32(29,30)20-13-11-19(25)12-14-20)28-15-21(16-5-3-2-4-6-16)22(26-28)17-7-9-18(24)10-8-17/h3,5-15H,2,4H2,1H3. The molecule has 1 aliphatic rings. The summed E-state index contributed by atoms with van der Waals surface area (Å²) in [5, 5.41) is 6.03. The highest BCUT2D eigenvalue weighted by Crippen LogP contribution is 2.32. The largest absolute Gasteiger partial charge is 0.284 e. The molecule has 1 aromatic heterocycles. The monoisotopic (exact) mass is 503 g/mol. The number of allylic oxidation sites excluding steroid dienone is 4. The average Bonchev–Trinajstić information content (AvgIpc) is 3.24. The molecule has 0 radical (unpaired) electrons. The van der Waals surface area contributed by atoms with Crippen molar-refractivity contribution in [2.75, 3.05) is 6.26 Å². The second-order valence-electron chi connectivity index (χ2n) is 6.99. The number of hydrogen-bond donors (Lipinski definition) is 0. The molecule has 0 fully saturated rings. The van der Waals surface area contributed by atoms with E-state index in [4.69, 9.17) is 28.3 Å². The van der Waals surface area contributed by atoms with Crippen molar-refractivity contribution in [3.63, 3.8) is 0 Å². The van der Waals surface area contributed by atoms with Crippen molar-refractivity contribution >= 4 is 55.7 Å². The van der Waals surface area contributed by atoms with E-state index >= 15 is 0 Å². The van der Waals surface area contributed by atoms with E-state index in [1.807, 2.05) is 18.3 Å². The Kier molecular flexibility index (Phi) is 6.90. The van der Waals surface area contributed by atoms with Gasteiger partial charge in [0.05, 0.1) is 4.90 Å². The number of aromatic nitrogens is 2. The van der Waals surface area contributed by atoms with Crippen molar-refractivity contribution in [2.45, 2.75) is 17.7 Å². The normalized spacial score (nSPS) is 14.5. The maximum Gasteiger partial charge on any atom is 0.284 e. The van der Waals surface area contributed by atoms with Crippen LogP contribution in [0, 0.1) is 0 Å². The maximum absolute atomic E-state index is 12.9. The number of hydrogen-bond acceptors (Lipinski definition) is 4. The van der Waals surface area contributed by atoms with Crippen molar-refractivity contribution in [1.29, 1.82) is 0 Å². The zero-order chi connectivity index (χ0) is 22.7. The number of benzene rings is 2. The van der Waals surface area contributed by atoms with Crippen molar-refractivity contribution in [3.05, 3.63) is 88.6 Å². The molecular formula is C23H19Cl2N3O2S2. The fourth-order valence-corrected chi connectivity index (χ4v) is 5.25. The lowest BCUT2D eigenvalue weighted by Crippen LogP contribution is -2.11. The smallest absolute Gasteiger partial charge is 0.215 e. The van der Waals surface area contributed by atoms with E-state index in [0.717, 1.165) is 35.2 Å². The lowest BCUT2D eigenvalue weighted by molar-refractivity contribution is 0.598. The van der Waals surface area contributed by atoms with Crippen LogP contribution in [-0.4, -0.2) is 29.6 Å². The predicted molar refractivity (Wildman–Crippen MR) is 134 cm³/mol. The van der Waals surface area contributed by atoms with Gasteiger partial charge in [0.15, 0.2) is 0 Å². The molecule has 1 aliphatic carbocycles. The summed E-state index contributed by atoms with van der Waals surface area (Å²) in [6.45, 7) is 0. The van der Waals surface area contributed by atoms with Crippen LogP contribution in [0.4, 0.5) is 0 Å². The number of halogens is 2. The molecule has 3 aromatic rings. The van der Waals surface area contributed by atoms with Gasteiger partial charge in [0.25, 0.3) is 10.0 Å². The van der Waals surface area contributed by atoms with Gasteiger partial charge < -0.3 is 0 Å². The van der Waals surface area contributed by atoms with Gasteiger partial charge in [0, 0.05) is 27.4 Å². The fraction of sp³-hybridized carbons (Fsp3) is 0.130. The Bertz CT molecular complexity index is 1320. The fourth-order valence-electron chi connectivity index (χ4n) is 3.25. The first-order chi connectivity index (χ1) is 15.4. The molecule has 0 saturated heterocycles. The highest BCUT2D eigenvalue weighted by atomic mass is 35.5. The number of sulfonamides is 1. The van der Waals surface area contributed by atoms with Crippen LogP contribution >= 0.6 is 35.0 Å². The summed E-state index contributed by atoms with van der Waals surface area (Å²) in [4.78, 5) is 0.0664. The lowest BCUT2D eigenvalue weighted by atomic mass is 9.97. The summed E-state index contributed by atoms with van der Waals surface area (Å²) in [5.41, 5.74) is 3.54. The summed E-state index contributed by atoms with van der Waals surface area (Å²) in [7, 11) is -3.93. The maximum atomic E-state index is 12.9. The Morgan fingerprint density at radius 1 is 1.03 bits per heavy atom. The number of thioether (sulfide) groups is 1. The molecule has 1 heterocycles. The first-order valence-corrected chi connectivity index (χ1v) is 13.2. The minimum absolute atomic E-state index is 0.0664. The molecule has 2 aromatic carbocycles. The molecule has 0 saturated carbocycles. The summed E-state index contributed by atoms with van der Waals surface area (Å²) < 4.78 is 31.3. The average molecular weight is 504 g/mol. The van der Waals surface area contributed by atoms with Crippen LogP contribution in [0.25, 0.3) is 16.8 Å². The molecule has 0 N–H and O–H groups in total. The second-order valence-corrected chi connectivity index (χ2v) is 10.2. The Morgan fingerprint density at radius 2 is 1.69 bits per heavy atom. The molecule has 4 rings (SSSR count). The van der Waals surface area contributed by atoms with E-state index < -0.39 is 10.0 Å². The Morgan fingerprint density at radius 3 is 2.28 bits per heavy atom. The predicted octanol–water partition coefficient (Wildman–Crippen LogP) is 6.55. The number of rotatable bonds is 4. The van der Waals surface area contributed by atoms with Crippen LogP contribution in [-0.2, 0) is 10.0 Å². The summed E-state index contributed by atoms with van der Waals surface area (Å²) in [5.74, 6) is 0. The van der Waals surface area contributed by atoms with Crippen molar-refractivity contribution in [3.8, 4) is 11.3 Å². The summed E-state index contributed by atoms with van der Waals surface area (Å²) in [6, 6.07) is 13.3. The zero-order valence-electron chi connectivity index (χ0n) is 17.1. The molecule has 5 nitrogen and oxygen atoms in total. The molecule has 9 heteroatoms. The van der Waals surface area contributed by atoms with Gasteiger partial charge in [-0.3, -0.25) is 0 Å². The topological polar surface area (TPSA) is 64.3 Å². The van der Waals surface area contributed by atoms with Gasteiger partial charge in [-0.1, -0.05) is 65.3 Å². The van der Waals surface area contributed by atoms with Gasteiger partial charge in [-0.05, 0) is 61.1 Å². The highest BCUT2D eigenvalue weighted by molar-refractivity contribution is 8.13. The third-order valence-corrected chi connectivity index (χ3v) is 7.37. The van der Waals surface area contributed by atoms with E-state index in [9.17, 15) is 8.42 Å². The Balaban J connectivity index is 1.82. The molecule has 0 bridgehead atoms. The quantitative estimate of drug-likeness (QED) is 0.299. The van der Waals surface area contributed by atoms with Crippen LogP contribution in [0.2, 0.25) is 10.0 Å². The first kappa shape index (κ1) is 22.9. The molecule has 0 spiro atoms. The van der Waals surface area contributed by atoms with Gasteiger partial charge in [0.2, 0.25) is 5.17 Å². The summed E-state index contributed by atoms with van der Waals surface area (Å²) in [6.07, 6.45) is 11.8. The van der Waals surface area contributed by atoms with E-state index in [-0.39, 0.29) is 10.1 Å². The zero-order valence-corrected chi connectivity index (χ0v) is 20.2. The van der Waals surface area contributed by atoms with E-state index in [2.05, 4.69) is 22.6 Å². The van der Waals surface area contributed by atoms with Gasteiger partial charge in [0.1, 0.15) is 5.69 Å². The van der Waals surface area contributed by atoms with Crippen molar-refractivity contribution in [1.82, 2.24) is 9.78 Å². The van der Waals surface area contributed by atoms with Crippen LogP contribution in [0.1, 0.15) is 18.4 Å². The first-order valence-electron chi connectivity index (χ1n) is 9.75. The van der Waals surface area contributed by atoms with Gasteiger partial charge in [-0.15, -0.1) is 4.40 Å². The molecule has 0 aliphatic heterocycles. The van der Waals surface area contributed by atoms with Crippen LogP contribution < -0.4 is 0 Å². The molecule has 0 atom stereocenters. The molecule has 0 amide bonds. The number of nitrogens with zero attached hydrogens (tertiary/aromatic N) is 3. The minimum Gasteiger partial charge on any atom is -0.215 e. The van der Waals surface area contributed by atoms with E-state index in [0.29, 0.717) is 10.0 Å². The van der Waals surface area contributed by atoms with E-state index in [1.54, 1.807) is 18.4 Å². The minimum atomic E-state index is -3.93. The van der Waals surface area contributed by atoms with Gasteiger partial charge in [-0.2, -0.15) is 13.5 Å². The molecule has 164 valence electrons. The van der Waals surface area contributed by atoms with Gasteiger partial charge in [-0.25, -0.2) is 4.68 Å². The third-order valence-electron chi connectivity index (χ3n) is 4.83. The Hall–Kier alpha value is -2.32. The SMILES string of the molecule is CSC(=NS(=O)(=O)c1ccc(Cl)cc1)n1cc(C2=CCCC=C2)c(-c2ccc(Cl)cc2)n1. The third kappa shape index (κ3) is 5.02. The van der Waals surface area contributed by atoms with E-state index in [1.165, 1.54) is 40.7 Å². The molecule has 0 unspecified atom stereocenters. The van der Waals surface area contributed by atoms with Crippen LogP contribution in [0.3, 0.4) is 0 Å². The summed E-state index contributed by atoms with van der Waals surface area (Å²) >= 11 is 13.1. The highest BCUT2D eigenvalue weighted by Gasteiger charge is 2.20. The van der Waals surface area contributed by atoms with Gasteiger partial charge >= 0.3 is 0 Å². The van der Waals surface area contributed by atoms with Crippen LogP contribution in [0.15, 0.2) is 82.2 Å².